The van der Waals surface area contributed by atoms with Gasteiger partial charge in [0.2, 0.25) is 0 Å². The number of hydrogen-bond acceptors (Lipinski definition) is 8. The molecule has 2 saturated carbocycles. The number of rotatable bonds is 8. The fraction of sp³-hybridized carbons (Fsp3) is 0.500. The molecule has 2 amide bonds. The molecule has 2 fully saturated rings. The predicted octanol–water partition coefficient (Wildman–Crippen LogP) is 2.79. The Morgan fingerprint density at radius 2 is 2.05 bits per heavy atom. The summed E-state index contributed by atoms with van der Waals surface area (Å²) >= 11 is 0. The van der Waals surface area contributed by atoms with Gasteiger partial charge in [0.25, 0.3) is 11.5 Å². The Morgan fingerprint density at radius 3 is 2.67 bits per heavy atom. The monoisotopic (exact) mass is 541 g/mol. The maximum atomic E-state index is 13.7. The molecule has 0 spiro atoms. The smallest absolute Gasteiger partial charge is 0.415 e. The Kier molecular flexibility index (Phi) is 6.57. The molecule has 2 aliphatic carbocycles. The molecule has 208 valence electrons. The van der Waals surface area contributed by atoms with Gasteiger partial charge in [0.15, 0.2) is 5.65 Å². The van der Waals surface area contributed by atoms with Crippen molar-refractivity contribution in [3.05, 3.63) is 46.5 Å². The first-order chi connectivity index (χ1) is 18.4. The van der Waals surface area contributed by atoms with Crippen LogP contribution in [0.15, 0.2) is 35.4 Å². The second-order valence-electron chi connectivity index (χ2n) is 11.3. The molecule has 2 atom stereocenters. The molecule has 2 aliphatic rings. The van der Waals surface area contributed by atoms with E-state index in [1.807, 2.05) is 0 Å². The highest BCUT2D eigenvalue weighted by Crippen LogP contribution is 2.44. The van der Waals surface area contributed by atoms with Gasteiger partial charge in [0.1, 0.15) is 34.7 Å². The van der Waals surface area contributed by atoms with E-state index >= 15 is 0 Å². The fourth-order valence-corrected chi connectivity index (χ4v) is 4.21. The molecule has 5 rings (SSSR count). The molecule has 0 bridgehead atoms. The minimum absolute atomic E-state index is 0.0161. The van der Waals surface area contributed by atoms with Crippen molar-refractivity contribution in [2.75, 3.05) is 30.4 Å². The zero-order chi connectivity index (χ0) is 28.1. The molecular weight excluding hydrogens is 509 g/mol. The molecule has 0 aromatic carbocycles. The SMILES string of the molecule is CN(C(=O)OC(C)(C)C)c1cc(Nc2cccn(C3CC3F)c2=O)nc2c(C(=O)NCC3(CO)CC3)cnn12. The van der Waals surface area contributed by atoms with Gasteiger partial charge in [-0.3, -0.25) is 14.5 Å². The minimum atomic E-state index is -1.06. The number of hydrogen-bond donors (Lipinski definition) is 3. The van der Waals surface area contributed by atoms with Crippen molar-refractivity contribution in [2.45, 2.75) is 57.8 Å². The highest BCUT2D eigenvalue weighted by atomic mass is 19.1. The van der Waals surface area contributed by atoms with Crippen LogP contribution in [-0.4, -0.2) is 68.2 Å². The number of carbonyl (C=O) groups excluding carboxylic acids is 2. The molecule has 2 unspecified atom stereocenters. The highest BCUT2D eigenvalue weighted by Gasteiger charge is 2.42. The number of nitrogens with one attached hydrogen (secondary N) is 2. The molecule has 0 aliphatic heterocycles. The van der Waals surface area contributed by atoms with Crippen LogP contribution in [0.1, 0.15) is 56.4 Å². The predicted molar refractivity (Wildman–Crippen MR) is 141 cm³/mol. The summed E-state index contributed by atoms with van der Waals surface area (Å²) in [7, 11) is 1.50. The number of pyridine rings is 1. The van der Waals surface area contributed by atoms with Crippen LogP contribution in [0.25, 0.3) is 5.65 Å². The summed E-state index contributed by atoms with van der Waals surface area (Å²) in [6, 6.07) is 4.18. The molecule has 3 N–H and O–H groups in total. The standard InChI is InChI=1S/C26H32FN7O5/c1-25(2,3)39-24(38)32(4)20-11-19(30-17-6-5-9-33(23(17)37)18-10-16(18)27)31-21-15(12-29-34(20)21)22(36)28-13-26(14-35)7-8-26/h5-6,9,11-12,16,18,35H,7-8,10,13-14H2,1-4H3,(H,28,36)(H,30,31). The van der Waals surface area contributed by atoms with Gasteiger partial charge in [0.05, 0.1) is 18.8 Å². The second kappa shape index (κ2) is 9.63. The first kappa shape index (κ1) is 26.6. The first-order valence-electron chi connectivity index (χ1n) is 12.8. The van der Waals surface area contributed by atoms with Crippen LogP contribution >= 0.6 is 0 Å². The van der Waals surface area contributed by atoms with Gasteiger partial charge in [-0.15, -0.1) is 0 Å². The third kappa shape index (κ3) is 5.44. The third-order valence-electron chi connectivity index (χ3n) is 6.90. The molecule has 12 nitrogen and oxygen atoms in total. The lowest BCUT2D eigenvalue weighted by molar-refractivity contribution is 0.0587. The summed E-state index contributed by atoms with van der Waals surface area (Å²) in [5, 5.41) is 19.7. The van der Waals surface area contributed by atoms with E-state index < -0.39 is 35.4 Å². The topological polar surface area (TPSA) is 143 Å². The Morgan fingerprint density at radius 1 is 1.33 bits per heavy atom. The van der Waals surface area contributed by atoms with Crippen molar-refractivity contribution >= 4 is 35.0 Å². The molecule has 13 heteroatoms. The van der Waals surface area contributed by atoms with Gasteiger partial charge in [-0.2, -0.15) is 9.61 Å². The fourth-order valence-electron chi connectivity index (χ4n) is 4.21. The van der Waals surface area contributed by atoms with Gasteiger partial charge in [-0.1, -0.05) is 0 Å². The Balaban J connectivity index is 1.52. The number of amides is 2. The van der Waals surface area contributed by atoms with Crippen molar-refractivity contribution in [3.8, 4) is 0 Å². The largest absolute Gasteiger partial charge is 0.443 e. The van der Waals surface area contributed by atoms with Crippen molar-refractivity contribution in [3.63, 3.8) is 0 Å². The van der Waals surface area contributed by atoms with Crippen molar-refractivity contribution in [2.24, 2.45) is 5.41 Å². The molecule has 3 aromatic heterocycles. The number of halogens is 1. The van der Waals surface area contributed by atoms with Crippen molar-refractivity contribution in [1.29, 1.82) is 0 Å². The van der Waals surface area contributed by atoms with Crippen LogP contribution in [0.2, 0.25) is 0 Å². The summed E-state index contributed by atoms with van der Waals surface area (Å²) in [4.78, 5) is 44.8. The quantitative estimate of drug-likeness (QED) is 0.395. The van der Waals surface area contributed by atoms with E-state index in [0.29, 0.717) is 6.54 Å². The van der Waals surface area contributed by atoms with E-state index in [1.165, 1.54) is 39.5 Å². The third-order valence-corrected chi connectivity index (χ3v) is 6.90. The second-order valence-corrected chi connectivity index (χ2v) is 11.3. The van der Waals surface area contributed by atoms with E-state index in [2.05, 4.69) is 20.7 Å². The van der Waals surface area contributed by atoms with E-state index in [0.717, 1.165) is 12.8 Å². The van der Waals surface area contributed by atoms with Gasteiger partial charge >= 0.3 is 6.09 Å². The highest BCUT2D eigenvalue weighted by molar-refractivity contribution is 6.00. The maximum absolute atomic E-state index is 13.7. The van der Waals surface area contributed by atoms with Gasteiger partial charge in [-0.25, -0.2) is 14.2 Å². The number of alkyl halides is 1. The molecule has 3 aromatic rings. The lowest BCUT2D eigenvalue weighted by Crippen LogP contribution is -2.35. The summed E-state index contributed by atoms with van der Waals surface area (Å²) in [6.45, 7) is 5.52. The van der Waals surface area contributed by atoms with Gasteiger partial charge in [-0.05, 0) is 45.7 Å². The number of aromatic nitrogens is 4. The number of ether oxygens (including phenoxy) is 1. The van der Waals surface area contributed by atoms with Crippen LogP contribution < -0.4 is 21.1 Å². The van der Waals surface area contributed by atoms with Crippen LogP contribution in [0.4, 0.5) is 26.5 Å². The molecule has 39 heavy (non-hydrogen) atoms. The number of nitrogens with zero attached hydrogens (tertiary/aromatic N) is 5. The Hall–Kier alpha value is -4.00. The zero-order valence-corrected chi connectivity index (χ0v) is 22.3. The minimum Gasteiger partial charge on any atom is -0.443 e. The zero-order valence-electron chi connectivity index (χ0n) is 22.3. The van der Waals surface area contributed by atoms with Crippen LogP contribution in [0.3, 0.4) is 0 Å². The summed E-state index contributed by atoms with van der Waals surface area (Å²) < 4.78 is 21.8. The number of fused-ring (bicyclic) bond motifs is 1. The van der Waals surface area contributed by atoms with Crippen LogP contribution in [0, 0.1) is 5.41 Å². The lowest BCUT2D eigenvalue weighted by Gasteiger charge is -2.25. The molecular formula is C26H32FN7O5. The van der Waals surface area contributed by atoms with Crippen molar-refractivity contribution in [1.82, 2.24) is 24.5 Å². The van der Waals surface area contributed by atoms with E-state index in [-0.39, 0.29) is 47.0 Å². The van der Waals surface area contributed by atoms with E-state index in [1.54, 1.807) is 32.9 Å². The average Bonchev–Trinajstić information content (AvgIpc) is 3.78. The summed E-state index contributed by atoms with van der Waals surface area (Å²) in [5.41, 5.74) is -1.03. The average molecular weight is 542 g/mol. The Bertz CT molecular complexity index is 1490. The number of aliphatic hydroxyl groups excluding tert-OH is 1. The van der Waals surface area contributed by atoms with Crippen molar-refractivity contribution < 1.29 is 23.8 Å². The van der Waals surface area contributed by atoms with E-state index in [4.69, 9.17) is 4.74 Å². The number of aliphatic hydroxyl groups is 1. The Labute approximate surface area is 223 Å². The van der Waals surface area contributed by atoms with E-state index in [9.17, 15) is 23.9 Å². The molecule has 0 radical (unpaired) electrons. The van der Waals surface area contributed by atoms with Gasteiger partial charge in [0, 0.05) is 37.7 Å². The normalized spacial score (nSPS) is 19.4. The first-order valence-corrected chi connectivity index (χ1v) is 12.8. The number of carbonyl (C=O) groups is 2. The van der Waals surface area contributed by atoms with Gasteiger partial charge < -0.3 is 25.0 Å². The van der Waals surface area contributed by atoms with Crippen LogP contribution in [0.5, 0.6) is 0 Å². The summed E-state index contributed by atoms with van der Waals surface area (Å²) in [5.74, 6) is -0.0453. The van der Waals surface area contributed by atoms with Crippen LogP contribution in [-0.2, 0) is 4.74 Å². The maximum Gasteiger partial charge on any atom is 0.415 e. The number of anilines is 3. The lowest BCUT2D eigenvalue weighted by atomic mass is 10.1. The molecule has 0 saturated heterocycles. The molecule has 3 heterocycles. The summed E-state index contributed by atoms with van der Waals surface area (Å²) in [6.07, 6.45) is 3.10.